The van der Waals surface area contributed by atoms with Crippen molar-refractivity contribution in [3.05, 3.63) is 62.4 Å². The second kappa shape index (κ2) is 7.98. The number of esters is 1. The van der Waals surface area contributed by atoms with Gasteiger partial charge < -0.3 is 14.4 Å². The standard InChI is InChI=1S/C26H26F2N2O4/c1-4-26(33)10-22(31)34-12-17-18(26)9-21-24-16(11-30(21)25(17)32)15(6-5-13(2)3)23-19(28)7-14(27)8-20(23)29-24/h7-9,13,33H,4-6,10-12H2,1-3H3/t26-/m1/s1. The van der Waals surface area contributed by atoms with Gasteiger partial charge in [0.25, 0.3) is 5.56 Å². The molecule has 0 spiro atoms. The molecule has 6 nitrogen and oxygen atoms in total. The van der Waals surface area contributed by atoms with Gasteiger partial charge in [0.2, 0.25) is 0 Å². The number of carbonyl (C=O) groups is 1. The number of rotatable bonds is 4. The molecule has 2 aromatic heterocycles. The molecule has 0 saturated heterocycles. The zero-order chi connectivity index (χ0) is 24.4. The lowest BCUT2D eigenvalue weighted by atomic mass is 9.85. The Morgan fingerprint density at radius 2 is 1.97 bits per heavy atom. The number of halogens is 2. The molecule has 8 heteroatoms. The summed E-state index contributed by atoms with van der Waals surface area (Å²) in [5, 5.41) is 11.5. The lowest BCUT2D eigenvalue weighted by molar-refractivity contribution is -0.149. The largest absolute Gasteiger partial charge is 0.460 e. The number of aliphatic hydroxyl groups is 1. The lowest BCUT2D eigenvalue weighted by Crippen LogP contribution is -2.32. The average Bonchev–Trinajstić information content (AvgIpc) is 3.07. The van der Waals surface area contributed by atoms with Crippen LogP contribution in [-0.2, 0) is 34.7 Å². The Morgan fingerprint density at radius 1 is 1.21 bits per heavy atom. The highest BCUT2D eigenvalue weighted by Gasteiger charge is 2.39. The first-order valence-electron chi connectivity index (χ1n) is 11.6. The third kappa shape index (κ3) is 3.43. The SMILES string of the molecule is CC[C@@]1(O)CC(=O)OCc2c1cc1n(c2=O)Cc2c-1nc1cc(F)cc(F)c1c2CCC(C)C. The Labute approximate surface area is 195 Å². The Kier molecular flexibility index (Phi) is 5.31. The van der Waals surface area contributed by atoms with E-state index in [0.29, 0.717) is 29.3 Å². The highest BCUT2D eigenvalue weighted by atomic mass is 19.1. The fourth-order valence-electron chi connectivity index (χ4n) is 5.13. The topological polar surface area (TPSA) is 81.4 Å². The Bertz CT molecular complexity index is 1410. The number of fused-ring (bicyclic) bond motifs is 5. The Balaban J connectivity index is 1.80. The fraction of sp³-hybridized carbons (Fsp3) is 0.423. The zero-order valence-corrected chi connectivity index (χ0v) is 19.4. The molecule has 0 bridgehead atoms. The Morgan fingerprint density at radius 3 is 2.68 bits per heavy atom. The van der Waals surface area contributed by atoms with E-state index in [9.17, 15) is 23.5 Å². The number of pyridine rings is 2. The molecule has 4 heterocycles. The number of cyclic esters (lactones) is 1. The highest BCUT2D eigenvalue weighted by Crippen LogP contribution is 2.41. The first-order chi connectivity index (χ1) is 16.1. The first-order valence-corrected chi connectivity index (χ1v) is 11.6. The number of benzene rings is 1. The molecular weight excluding hydrogens is 442 g/mol. The van der Waals surface area contributed by atoms with Crippen LogP contribution in [0.15, 0.2) is 23.0 Å². The molecule has 34 heavy (non-hydrogen) atoms. The normalized spacial score (nSPS) is 19.1. The summed E-state index contributed by atoms with van der Waals surface area (Å²) in [6, 6.07) is 3.76. The van der Waals surface area contributed by atoms with Crippen LogP contribution in [0, 0.1) is 17.6 Å². The van der Waals surface area contributed by atoms with E-state index in [1.807, 2.05) is 0 Å². The van der Waals surface area contributed by atoms with Crippen molar-refractivity contribution in [3.63, 3.8) is 0 Å². The van der Waals surface area contributed by atoms with Gasteiger partial charge in [-0.3, -0.25) is 9.59 Å². The maximum absolute atomic E-state index is 15.0. The smallest absolute Gasteiger partial charge is 0.309 e. The van der Waals surface area contributed by atoms with Crippen molar-refractivity contribution < 1.29 is 23.4 Å². The van der Waals surface area contributed by atoms with Crippen LogP contribution in [0.25, 0.3) is 22.3 Å². The molecule has 0 saturated carbocycles. The van der Waals surface area contributed by atoms with E-state index < -0.39 is 23.2 Å². The van der Waals surface area contributed by atoms with Crippen LogP contribution in [0.2, 0.25) is 0 Å². The van der Waals surface area contributed by atoms with Crippen molar-refractivity contribution in [2.24, 2.45) is 5.92 Å². The van der Waals surface area contributed by atoms with E-state index in [4.69, 9.17) is 4.74 Å². The average molecular weight is 469 g/mol. The van der Waals surface area contributed by atoms with Gasteiger partial charge in [-0.25, -0.2) is 13.8 Å². The Hall–Kier alpha value is -3.13. The van der Waals surface area contributed by atoms with Crippen LogP contribution in [-0.4, -0.2) is 20.6 Å². The summed E-state index contributed by atoms with van der Waals surface area (Å²) in [5.41, 5.74) is 1.25. The number of ether oxygens (including phenoxy) is 1. The van der Waals surface area contributed by atoms with Crippen molar-refractivity contribution in [2.45, 2.75) is 65.2 Å². The molecule has 0 fully saturated rings. The van der Waals surface area contributed by atoms with Crippen LogP contribution in [0.5, 0.6) is 0 Å². The predicted molar refractivity (Wildman–Crippen MR) is 122 cm³/mol. The maximum Gasteiger partial charge on any atom is 0.309 e. The van der Waals surface area contributed by atoms with Crippen LogP contribution in [0.4, 0.5) is 8.78 Å². The van der Waals surface area contributed by atoms with Crippen LogP contribution in [0.1, 0.15) is 62.3 Å². The van der Waals surface area contributed by atoms with Gasteiger partial charge in [0.05, 0.1) is 35.4 Å². The second-order valence-electron chi connectivity index (χ2n) is 9.67. The van der Waals surface area contributed by atoms with E-state index in [1.165, 1.54) is 10.6 Å². The summed E-state index contributed by atoms with van der Waals surface area (Å²) >= 11 is 0. The summed E-state index contributed by atoms with van der Waals surface area (Å²) in [6.07, 6.45) is 1.30. The summed E-state index contributed by atoms with van der Waals surface area (Å²) in [4.78, 5) is 30.2. The van der Waals surface area contributed by atoms with Crippen LogP contribution < -0.4 is 5.56 Å². The fourth-order valence-corrected chi connectivity index (χ4v) is 5.13. The molecule has 1 atom stereocenters. The molecule has 0 unspecified atom stereocenters. The van der Waals surface area contributed by atoms with E-state index in [0.717, 1.165) is 23.6 Å². The van der Waals surface area contributed by atoms with Crippen molar-refractivity contribution in [2.75, 3.05) is 0 Å². The van der Waals surface area contributed by atoms with Gasteiger partial charge in [-0.15, -0.1) is 0 Å². The van der Waals surface area contributed by atoms with Gasteiger partial charge in [-0.2, -0.15) is 0 Å². The van der Waals surface area contributed by atoms with Gasteiger partial charge in [0.1, 0.15) is 23.8 Å². The molecule has 1 aromatic carbocycles. The lowest BCUT2D eigenvalue weighted by Gasteiger charge is -2.26. The molecule has 0 amide bonds. The minimum Gasteiger partial charge on any atom is -0.460 e. The van der Waals surface area contributed by atoms with Crippen LogP contribution >= 0.6 is 0 Å². The van der Waals surface area contributed by atoms with Crippen molar-refractivity contribution in [1.82, 2.24) is 9.55 Å². The van der Waals surface area contributed by atoms with Gasteiger partial charge in [0.15, 0.2) is 0 Å². The van der Waals surface area contributed by atoms with E-state index in [-0.39, 0.29) is 48.0 Å². The monoisotopic (exact) mass is 468 g/mol. The van der Waals surface area contributed by atoms with Gasteiger partial charge in [-0.1, -0.05) is 20.8 Å². The number of aryl methyl sites for hydroxylation is 1. The zero-order valence-electron chi connectivity index (χ0n) is 19.4. The summed E-state index contributed by atoms with van der Waals surface area (Å²) in [6.45, 7) is 5.85. The first kappa shape index (κ1) is 22.7. The van der Waals surface area contributed by atoms with Gasteiger partial charge >= 0.3 is 5.97 Å². The van der Waals surface area contributed by atoms with Gasteiger partial charge in [-0.05, 0) is 42.4 Å². The molecule has 1 N–H and O–H groups in total. The number of nitrogens with zero attached hydrogens (tertiary/aromatic N) is 2. The molecule has 2 aliphatic rings. The van der Waals surface area contributed by atoms with Crippen LogP contribution in [0.3, 0.4) is 0 Å². The number of hydrogen-bond donors (Lipinski definition) is 1. The number of hydrogen-bond acceptors (Lipinski definition) is 5. The van der Waals surface area contributed by atoms with E-state index >= 15 is 0 Å². The van der Waals surface area contributed by atoms with Crippen molar-refractivity contribution in [3.8, 4) is 11.4 Å². The highest BCUT2D eigenvalue weighted by molar-refractivity contribution is 5.88. The minimum absolute atomic E-state index is 0.183. The summed E-state index contributed by atoms with van der Waals surface area (Å²) in [7, 11) is 0. The molecule has 0 aliphatic carbocycles. The minimum atomic E-state index is -1.55. The summed E-state index contributed by atoms with van der Waals surface area (Å²) in [5.74, 6) is -1.60. The third-order valence-electron chi connectivity index (χ3n) is 7.05. The quantitative estimate of drug-likeness (QED) is 0.451. The molecular formula is C26H26F2N2O4. The van der Waals surface area contributed by atoms with Gasteiger partial charge in [0, 0.05) is 23.1 Å². The second-order valence-corrected chi connectivity index (χ2v) is 9.67. The molecule has 2 aliphatic heterocycles. The molecule has 0 radical (unpaired) electrons. The van der Waals surface area contributed by atoms with Crippen molar-refractivity contribution >= 4 is 16.9 Å². The number of aromatic nitrogens is 2. The third-order valence-corrected chi connectivity index (χ3v) is 7.05. The van der Waals surface area contributed by atoms with E-state index in [1.54, 1.807) is 13.0 Å². The van der Waals surface area contributed by atoms with Crippen molar-refractivity contribution in [1.29, 1.82) is 0 Å². The van der Waals surface area contributed by atoms with E-state index in [2.05, 4.69) is 18.8 Å². The molecule has 178 valence electrons. The maximum atomic E-state index is 15.0. The summed E-state index contributed by atoms with van der Waals surface area (Å²) < 4.78 is 35.8. The molecule has 5 rings (SSSR count). The number of carbonyl (C=O) groups excluding carboxylic acids is 1. The molecule has 3 aromatic rings. The predicted octanol–water partition coefficient (Wildman–Crippen LogP) is 4.34.